The maximum absolute atomic E-state index is 11.5. The molecule has 0 aliphatic rings. The molecular weight excluding hydrogens is 236 g/mol. The van der Waals surface area contributed by atoms with Crippen LogP contribution in [0.4, 0.5) is 5.69 Å². The van der Waals surface area contributed by atoms with Gasteiger partial charge >= 0.3 is 0 Å². The third-order valence-corrected chi connectivity index (χ3v) is 2.67. The first-order valence-corrected chi connectivity index (χ1v) is 5.86. The van der Waals surface area contributed by atoms with E-state index in [0.29, 0.717) is 17.3 Å². The molecule has 0 aliphatic heterocycles. The monoisotopic (exact) mass is 250 g/mol. The van der Waals surface area contributed by atoms with Gasteiger partial charge in [0.1, 0.15) is 5.15 Å². The van der Waals surface area contributed by atoms with Gasteiger partial charge in [-0.2, -0.15) is 0 Å². The fraction of sp³-hybridized carbons (Fsp3) is 0.385. The van der Waals surface area contributed by atoms with Crippen molar-refractivity contribution in [2.24, 2.45) is 0 Å². The van der Waals surface area contributed by atoms with E-state index in [0.717, 1.165) is 24.8 Å². The number of rotatable bonds is 5. The van der Waals surface area contributed by atoms with E-state index < -0.39 is 0 Å². The van der Waals surface area contributed by atoms with E-state index in [1.807, 2.05) is 6.92 Å². The van der Waals surface area contributed by atoms with Crippen molar-refractivity contribution < 1.29 is 4.79 Å². The third kappa shape index (κ3) is 4.88. The fourth-order valence-electron chi connectivity index (χ4n) is 1.36. The van der Waals surface area contributed by atoms with E-state index in [-0.39, 0.29) is 5.91 Å². The van der Waals surface area contributed by atoms with Crippen molar-refractivity contribution in [2.75, 3.05) is 5.32 Å². The lowest BCUT2D eigenvalue weighted by molar-refractivity contribution is -0.116. The van der Waals surface area contributed by atoms with Gasteiger partial charge in [-0.3, -0.25) is 4.79 Å². The first-order chi connectivity index (χ1) is 8.13. The first-order valence-electron chi connectivity index (χ1n) is 5.49. The van der Waals surface area contributed by atoms with Crippen LogP contribution >= 0.6 is 11.6 Å². The second-order valence-corrected chi connectivity index (χ2v) is 4.15. The number of anilines is 1. The highest BCUT2D eigenvalue weighted by Gasteiger charge is 2.04. The zero-order valence-electron chi connectivity index (χ0n) is 9.79. The van der Waals surface area contributed by atoms with Crippen LogP contribution in [0.5, 0.6) is 0 Å². The Bertz CT molecular complexity index is 438. The number of carbonyl (C=O) groups excluding carboxylic acids is 1. The number of aryl methyl sites for hydroxylation is 1. The Morgan fingerprint density at radius 3 is 3.00 bits per heavy atom. The number of terminal acetylenes is 1. The molecular formula is C13H15ClN2O. The SMILES string of the molecule is C#CCCCCC(=O)Nc1cnc(Cl)c(C)c1. The molecule has 0 aromatic carbocycles. The molecule has 0 saturated heterocycles. The quantitative estimate of drug-likeness (QED) is 0.495. The van der Waals surface area contributed by atoms with Crippen LogP contribution in [0.3, 0.4) is 0 Å². The highest BCUT2D eigenvalue weighted by molar-refractivity contribution is 6.30. The molecule has 1 rings (SSSR count). The predicted octanol–water partition coefficient (Wildman–Crippen LogP) is 3.18. The molecule has 3 nitrogen and oxygen atoms in total. The highest BCUT2D eigenvalue weighted by atomic mass is 35.5. The van der Waals surface area contributed by atoms with Crippen molar-refractivity contribution in [2.45, 2.75) is 32.6 Å². The van der Waals surface area contributed by atoms with E-state index >= 15 is 0 Å². The van der Waals surface area contributed by atoms with Gasteiger partial charge in [-0.05, 0) is 31.4 Å². The number of halogens is 1. The summed E-state index contributed by atoms with van der Waals surface area (Å²) in [5, 5.41) is 3.23. The van der Waals surface area contributed by atoms with Gasteiger partial charge < -0.3 is 5.32 Å². The lowest BCUT2D eigenvalue weighted by atomic mass is 10.2. The van der Waals surface area contributed by atoms with Crippen LogP contribution in [-0.2, 0) is 4.79 Å². The molecule has 0 aliphatic carbocycles. The fourth-order valence-corrected chi connectivity index (χ4v) is 1.47. The zero-order chi connectivity index (χ0) is 12.7. The minimum absolute atomic E-state index is 0.0226. The molecule has 1 aromatic heterocycles. The average molecular weight is 251 g/mol. The Hall–Kier alpha value is -1.53. The molecule has 1 heterocycles. The van der Waals surface area contributed by atoms with Crippen molar-refractivity contribution in [3.63, 3.8) is 0 Å². The summed E-state index contributed by atoms with van der Waals surface area (Å²) in [6.45, 7) is 1.85. The Morgan fingerprint density at radius 1 is 1.59 bits per heavy atom. The topological polar surface area (TPSA) is 42.0 Å². The van der Waals surface area contributed by atoms with Crippen molar-refractivity contribution >= 4 is 23.2 Å². The third-order valence-electron chi connectivity index (χ3n) is 2.27. The summed E-state index contributed by atoms with van der Waals surface area (Å²) in [5.74, 6) is 2.53. The molecule has 90 valence electrons. The van der Waals surface area contributed by atoms with Gasteiger partial charge in [0.2, 0.25) is 5.91 Å². The van der Waals surface area contributed by atoms with Crippen molar-refractivity contribution in [1.82, 2.24) is 4.98 Å². The number of pyridine rings is 1. The number of unbranched alkanes of at least 4 members (excludes halogenated alkanes) is 2. The maximum Gasteiger partial charge on any atom is 0.224 e. The molecule has 0 atom stereocenters. The summed E-state index contributed by atoms with van der Waals surface area (Å²) in [5.41, 5.74) is 1.52. The van der Waals surface area contributed by atoms with Crippen LogP contribution in [0, 0.1) is 19.3 Å². The minimum atomic E-state index is -0.0226. The number of nitrogens with one attached hydrogen (secondary N) is 1. The van der Waals surface area contributed by atoms with Crippen molar-refractivity contribution in [3.05, 3.63) is 23.0 Å². The van der Waals surface area contributed by atoms with E-state index in [1.54, 1.807) is 12.3 Å². The summed E-state index contributed by atoms with van der Waals surface area (Å²) in [6, 6.07) is 1.80. The summed E-state index contributed by atoms with van der Waals surface area (Å²) < 4.78 is 0. The molecule has 0 radical (unpaired) electrons. The van der Waals surface area contributed by atoms with Gasteiger partial charge in [-0.1, -0.05) is 11.6 Å². The second kappa shape index (κ2) is 6.93. The van der Waals surface area contributed by atoms with Gasteiger partial charge in [0.05, 0.1) is 11.9 Å². The molecule has 0 spiro atoms. The number of carbonyl (C=O) groups is 1. The Balaban J connectivity index is 2.40. The van der Waals surface area contributed by atoms with Gasteiger partial charge in [0.15, 0.2) is 0 Å². The molecule has 4 heteroatoms. The molecule has 1 aromatic rings. The average Bonchev–Trinajstić information content (AvgIpc) is 2.30. The predicted molar refractivity (Wildman–Crippen MR) is 69.9 cm³/mol. The standard InChI is InChI=1S/C13H15ClN2O/c1-3-4-5-6-7-12(17)16-11-8-10(2)13(14)15-9-11/h1,8-9H,4-7H2,2H3,(H,16,17). The van der Waals surface area contributed by atoms with Crippen LogP contribution in [-0.4, -0.2) is 10.9 Å². The van der Waals surface area contributed by atoms with E-state index in [9.17, 15) is 4.79 Å². The summed E-state index contributed by atoms with van der Waals surface area (Å²) in [7, 11) is 0. The van der Waals surface area contributed by atoms with E-state index in [4.69, 9.17) is 18.0 Å². The number of hydrogen-bond donors (Lipinski definition) is 1. The van der Waals surface area contributed by atoms with Crippen LogP contribution in [0.25, 0.3) is 0 Å². The molecule has 0 fully saturated rings. The molecule has 0 bridgehead atoms. The normalized spacial score (nSPS) is 9.71. The summed E-state index contributed by atoms with van der Waals surface area (Å²) in [4.78, 5) is 15.5. The summed E-state index contributed by atoms with van der Waals surface area (Å²) >= 11 is 5.79. The molecule has 17 heavy (non-hydrogen) atoms. The zero-order valence-corrected chi connectivity index (χ0v) is 10.5. The lowest BCUT2D eigenvalue weighted by Gasteiger charge is -2.05. The van der Waals surface area contributed by atoms with Crippen LogP contribution in [0.1, 0.15) is 31.2 Å². The lowest BCUT2D eigenvalue weighted by Crippen LogP contribution is -2.11. The Labute approximate surface area is 107 Å². The van der Waals surface area contributed by atoms with E-state index in [2.05, 4.69) is 16.2 Å². The smallest absolute Gasteiger partial charge is 0.224 e. The van der Waals surface area contributed by atoms with Gasteiger partial charge in [0, 0.05) is 12.8 Å². The Morgan fingerprint density at radius 2 is 2.35 bits per heavy atom. The number of amides is 1. The Kier molecular flexibility index (Phi) is 5.51. The molecule has 1 N–H and O–H groups in total. The number of hydrogen-bond acceptors (Lipinski definition) is 2. The molecule has 0 saturated carbocycles. The van der Waals surface area contributed by atoms with Crippen LogP contribution < -0.4 is 5.32 Å². The van der Waals surface area contributed by atoms with E-state index in [1.165, 1.54) is 0 Å². The van der Waals surface area contributed by atoms with Crippen LogP contribution in [0.15, 0.2) is 12.3 Å². The maximum atomic E-state index is 11.5. The van der Waals surface area contributed by atoms with Gasteiger partial charge in [0.25, 0.3) is 0 Å². The molecule has 0 unspecified atom stereocenters. The first kappa shape index (κ1) is 13.5. The second-order valence-electron chi connectivity index (χ2n) is 3.79. The van der Waals surface area contributed by atoms with Gasteiger partial charge in [-0.15, -0.1) is 12.3 Å². The molecule has 1 amide bonds. The highest BCUT2D eigenvalue weighted by Crippen LogP contribution is 2.16. The summed E-state index contributed by atoms with van der Waals surface area (Å²) in [6.07, 6.45) is 9.55. The van der Waals surface area contributed by atoms with Crippen molar-refractivity contribution in [1.29, 1.82) is 0 Å². The van der Waals surface area contributed by atoms with Crippen LogP contribution in [0.2, 0.25) is 5.15 Å². The minimum Gasteiger partial charge on any atom is -0.325 e. The number of aromatic nitrogens is 1. The van der Waals surface area contributed by atoms with Gasteiger partial charge in [-0.25, -0.2) is 4.98 Å². The largest absolute Gasteiger partial charge is 0.325 e. The number of nitrogens with zero attached hydrogens (tertiary/aromatic N) is 1. The van der Waals surface area contributed by atoms with Crippen molar-refractivity contribution in [3.8, 4) is 12.3 Å².